The number of rotatable bonds is 3. The smallest absolute Gasteiger partial charge is 0.301 e. The Hall–Kier alpha value is -4.17. The molecule has 1 aromatic heterocycles. The zero-order valence-corrected chi connectivity index (χ0v) is 20.4. The quantitative estimate of drug-likeness (QED) is 0.227. The molecule has 8 heteroatoms. The number of amides is 1. The fraction of sp³-hybridized carbons (Fsp3) is 0.179. The first-order chi connectivity index (χ1) is 17.3. The molecule has 0 radical (unpaired) electrons. The molecule has 0 aliphatic carbocycles. The average molecular weight is 499 g/mol. The van der Waals surface area contributed by atoms with E-state index in [0.717, 1.165) is 27.1 Å². The van der Waals surface area contributed by atoms with E-state index < -0.39 is 17.7 Å². The Labute approximate surface area is 210 Å². The second-order valence-electron chi connectivity index (χ2n) is 9.18. The van der Waals surface area contributed by atoms with Crippen LogP contribution in [0.5, 0.6) is 11.5 Å². The predicted molar refractivity (Wildman–Crippen MR) is 137 cm³/mol. The number of carbonyl (C=O) groups is 2. The average Bonchev–Trinajstić information content (AvgIpc) is 3.51. The maximum atomic E-state index is 13.4. The summed E-state index contributed by atoms with van der Waals surface area (Å²) >= 11 is 1.31. The summed E-state index contributed by atoms with van der Waals surface area (Å²) in [6, 6.07) is 16.4. The van der Waals surface area contributed by atoms with Crippen molar-refractivity contribution >= 4 is 44.1 Å². The number of aryl methyl sites for hydroxylation is 1. The third-order valence-electron chi connectivity index (χ3n) is 6.56. The molecule has 3 heterocycles. The van der Waals surface area contributed by atoms with E-state index in [9.17, 15) is 19.8 Å². The number of hydrogen-bond donors (Lipinski definition) is 2. The molecule has 2 aliphatic rings. The molecule has 2 N–H and O–H groups in total. The minimum Gasteiger partial charge on any atom is -0.508 e. The lowest BCUT2D eigenvalue weighted by Crippen LogP contribution is -2.29. The number of ketones is 1. The highest BCUT2D eigenvalue weighted by Crippen LogP contribution is 2.45. The van der Waals surface area contributed by atoms with E-state index in [4.69, 9.17) is 4.74 Å². The van der Waals surface area contributed by atoms with Crippen molar-refractivity contribution in [1.82, 2.24) is 4.98 Å². The number of phenolic OH excluding ortho intramolecular Hbond substituents is 1. The molecule has 3 aromatic carbocycles. The lowest BCUT2D eigenvalue weighted by molar-refractivity contribution is -0.132. The number of thiazole rings is 1. The number of ether oxygens (including phenoxy) is 1. The van der Waals surface area contributed by atoms with Gasteiger partial charge in [0.1, 0.15) is 23.4 Å². The van der Waals surface area contributed by atoms with E-state index in [2.05, 4.69) is 4.98 Å². The lowest BCUT2D eigenvalue weighted by Gasteiger charge is -2.23. The molecule has 1 fully saturated rings. The number of Topliss-reactive ketones (excluding diaryl/α,β-unsaturated/α-hetero) is 1. The van der Waals surface area contributed by atoms with Crippen LogP contribution in [-0.4, -0.2) is 33.0 Å². The van der Waals surface area contributed by atoms with Gasteiger partial charge in [0.2, 0.25) is 0 Å². The first kappa shape index (κ1) is 22.3. The van der Waals surface area contributed by atoms with Crippen molar-refractivity contribution in [1.29, 1.82) is 0 Å². The molecule has 6 rings (SSSR count). The molecule has 180 valence electrons. The summed E-state index contributed by atoms with van der Waals surface area (Å²) in [6.07, 6.45) is 0.722. The number of aromatic hydroxyl groups is 1. The maximum Gasteiger partial charge on any atom is 0.301 e. The number of carbonyl (C=O) groups excluding carboxylic acids is 2. The van der Waals surface area contributed by atoms with Gasteiger partial charge in [-0.2, -0.15) is 0 Å². The zero-order chi connectivity index (χ0) is 25.1. The summed E-state index contributed by atoms with van der Waals surface area (Å²) in [4.78, 5) is 32.8. The molecule has 36 heavy (non-hydrogen) atoms. The van der Waals surface area contributed by atoms with Gasteiger partial charge in [-0.1, -0.05) is 29.5 Å². The second kappa shape index (κ2) is 8.20. The van der Waals surface area contributed by atoms with E-state index in [1.54, 1.807) is 30.3 Å². The highest BCUT2D eigenvalue weighted by atomic mass is 32.1. The van der Waals surface area contributed by atoms with Crippen LogP contribution in [0.3, 0.4) is 0 Å². The molecule has 0 bridgehead atoms. The van der Waals surface area contributed by atoms with Crippen LogP contribution in [0.15, 0.2) is 66.2 Å². The van der Waals surface area contributed by atoms with Crippen LogP contribution in [0.1, 0.15) is 35.2 Å². The third-order valence-corrected chi connectivity index (χ3v) is 7.58. The van der Waals surface area contributed by atoms with E-state index in [1.807, 2.05) is 32.0 Å². The van der Waals surface area contributed by atoms with Gasteiger partial charge >= 0.3 is 5.91 Å². The number of aliphatic hydroxyl groups excluding tert-OH is 1. The van der Waals surface area contributed by atoms with Crippen molar-refractivity contribution in [2.45, 2.75) is 32.4 Å². The number of benzene rings is 3. The van der Waals surface area contributed by atoms with Gasteiger partial charge in [-0.05, 0) is 73.0 Å². The molecule has 2 aliphatic heterocycles. The van der Waals surface area contributed by atoms with Crippen molar-refractivity contribution in [2.24, 2.45) is 0 Å². The topological polar surface area (TPSA) is 100.0 Å². The minimum atomic E-state index is -0.907. The van der Waals surface area contributed by atoms with Crippen molar-refractivity contribution < 1.29 is 24.5 Å². The molecule has 4 aromatic rings. The van der Waals surface area contributed by atoms with Gasteiger partial charge < -0.3 is 14.9 Å². The van der Waals surface area contributed by atoms with Gasteiger partial charge in [0.25, 0.3) is 5.78 Å². The Bertz CT molecular complexity index is 1590. The second-order valence-corrected chi connectivity index (χ2v) is 10.2. The monoisotopic (exact) mass is 498 g/mol. The normalized spacial score (nSPS) is 20.7. The Balaban J connectivity index is 1.53. The molecule has 1 amide bonds. The SMILES string of the molecule is Cc1ccc2nc(N3C(=O)C(=O)C(=C(O)c4ccc5c(c4)CC(C)O5)C3c3ccc(O)cc3)sc2c1. The number of aromatic nitrogens is 1. The summed E-state index contributed by atoms with van der Waals surface area (Å²) in [5.41, 5.74) is 3.70. The Morgan fingerprint density at radius 1 is 1.08 bits per heavy atom. The van der Waals surface area contributed by atoms with Crippen molar-refractivity contribution in [3.8, 4) is 11.5 Å². The largest absolute Gasteiger partial charge is 0.508 e. The van der Waals surface area contributed by atoms with Gasteiger partial charge in [-0.25, -0.2) is 4.98 Å². The number of fused-ring (bicyclic) bond motifs is 2. The standard InChI is InChI=1S/C28H22N2O5S/c1-14-3-9-20-22(11-14)36-28(29-20)30-24(16-4-7-19(31)8-5-16)23(26(33)27(30)34)25(32)17-6-10-21-18(13-17)12-15(2)35-21/h3-11,13,15,24,31-32H,12H2,1-2H3. The highest BCUT2D eigenvalue weighted by molar-refractivity contribution is 7.22. The molecule has 2 atom stereocenters. The van der Waals surface area contributed by atoms with Gasteiger partial charge in [0.05, 0.1) is 21.8 Å². The summed E-state index contributed by atoms with van der Waals surface area (Å²) in [6.45, 7) is 3.94. The molecule has 0 saturated carbocycles. The molecule has 2 unspecified atom stereocenters. The Kier molecular flexibility index (Phi) is 5.08. The van der Waals surface area contributed by atoms with Crippen LogP contribution in [0.4, 0.5) is 5.13 Å². The number of anilines is 1. The number of nitrogens with zero attached hydrogens (tertiary/aromatic N) is 2. The third kappa shape index (κ3) is 3.53. The van der Waals surface area contributed by atoms with Crippen molar-refractivity contribution in [3.05, 3.63) is 88.5 Å². The first-order valence-electron chi connectivity index (χ1n) is 11.6. The summed E-state index contributed by atoms with van der Waals surface area (Å²) in [5.74, 6) is -0.999. The van der Waals surface area contributed by atoms with E-state index in [1.165, 1.54) is 28.4 Å². The summed E-state index contributed by atoms with van der Waals surface area (Å²) in [7, 11) is 0. The number of phenols is 1. The molecular formula is C28H22N2O5S. The minimum absolute atomic E-state index is 0.0203. The fourth-order valence-corrected chi connectivity index (χ4v) is 5.94. The van der Waals surface area contributed by atoms with Gasteiger partial charge in [0, 0.05) is 12.0 Å². The summed E-state index contributed by atoms with van der Waals surface area (Å²) < 4.78 is 6.65. The van der Waals surface area contributed by atoms with Crippen LogP contribution in [0.25, 0.3) is 16.0 Å². The predicted octanol–water partition coefficient (Wildman–Crippen LogP) is 5.26. The fourth-order valence-electron chi connectivity index (χ4n) is 4.85. The van der Waals surface area contributed by atoms with Crippen LogP contribution in [0.2, 0.25) is 0 Å². The van der Waals surface area contributed by atoms with Crippen LogP contribution >= 0.6 is 11.3 Å². The van der Waals surface area contributed by atoms with Crippen LogP contribution in [0, 0.1) is 6.92 Å². The Morgan fingerprint density at radius 2 is 1.86 bits per heavy atom. The lowest BCUT2D eigenvalue weighted by atomic mass is 9.94. The molecule has 1 saturated heterocycles. The maximum absolute atomic E-state index is 13.4. The van der Waals surface area contributed by atoms with E-state index in [0.29, 0.717) is 22.7 Å². The van der Waals surface area contributed by atoms with Gasteiger partial charge in [-0.3, -0.25) is 14.5 Å². The van der Waals surface area contributed by atoms with Crippen LogP contribution < -0.4 is 9.64 Å². The zero-order valence-electron chi connectivity index (χ0n) is 19.6. The van der Waals surface area contributed by atoms with Gasteiger partial charge in [-0.15, -0.1) is 0 Å². The number of hydrogen-bond acceptors (Lipinski definition) is 7. The van der Waals surface area contributed by atoms with E-state index >= 15 is 0 Å². The highest BCUT2D eigenvalue weighted by Gasteiger charge is 2.48. The first-order valence-corrected chi connectivity index (χ1v) is 12.4. The van der Waals surface area contributed by atoms with Crippen molar-refractivity contribution in [3.63, 3.8) is 0 Å². The Morgan fingerprint density at radius 3 is 2.64 bits per heavy atom. The van der Waals surface area contributed by atoms with Crippen molar-refractivity contribution in [2.75, 3.05) is 4.90 Å². The van der Waals surface area contributed by atoms with Gasteiger partial charge in [0.15, 0.2) is 5.13 Å². The molecular weight excluding hydrogens is 476 g/mol. The molecule has 7 nitrogen and oxygen atoms in total. The van der Waals surface area contributed by atoms with E-state index in [-0.39, 0.29) is 23.2 Å². The molecule has 0 spiro atoms. The van der Waals surface area contributed by atoms with Crippen LogP contribution in [-0.2, 0) is 16.0 Å². The number of aliphatic hydroxyl groups is 1. The summed E-state index contributed by atoms with van der Waals surface area (Å²) in [5, 5.41) is 21.6.